The summed E-state index contributed by atoms with van der Waals surface area (Å²) in [6.07, 6.45) is 7.29. The number of benzene rings is 2. The molecule has 2 aromatic heterocycles. The molecule has 6 amide bonds. The number of rotatable bonds is 20. The second-order valence-corrected chi connectivity index (χ2v) is 13.3. The largest absolute Gasteiger partial charge is 0.348 e. The molecule has 292 valence electrons. The van der Waals surface area contributed by atoms with Crippen LogP contribution in [0.2, 0.25) is 0 Å². The maximum absolute atomic E-state index is 13.7. The van der Waals surface area contributed by atoms with Gasteiger partial charge in [0.2, 0.25) is 23.6 Å². The Hall–Kier alpha value is -6.32. The predicted octanol–water partition coefficient (Wildman–Crippen LogP) is 1.77. The second kappa shape index (κ2) is 20.8. The standard InChI is InChI=1S/C39H50N10O6/c1-5-24(3)32(48-36(52)30(17-28-19-40-21-42-28)46-34(50)26-13-9-7-10-14-26)38(54)44-23-45-39(55)33(25(4)6-2)49-37(53)31(18-29-20-41-22-43-29)47-35(51)27-15-11-8-12-16-27/h7-16,19-22,24-25,30-33H,5-6,17-18,23H2,1-4H3,(H,40,42)(H,41,43)(H,44,54)(H,45,55)(H,46,50)(H,47,51)(H,48,52)(H,49,53). The Labute approximate surface area is 319 Å². The molecule has 0 fully saturated rings. The van der Waals surface area contributed by atoms with Gasteiger partial charge in [-0.25, -0.2) is 9.97 Å². The third kappa shape index (κ3) is 12.4. The predicted molar refractivity (Wildman–Crippen MR) is 204 cm³/mol. The SMILES string of the molecule is CCC(C)C(NC(=O)C(Cc1cnc[nH]1)NC(=O)c1ccccc1)C(=O)NCNC(=O)C(NC(=O)C(Cc1cnc[nH]1)NC(=O)c1ccccc1)C(C)CC. The zero-order chi connectivity index (χ0) is 39.7. The Morgan fingerprint density at radius 2 is 0.945 bits per heavy atom. The van der Waals surface area contributed by atoms with Crippen molar-refractivity contribution in [3.8, 4) is 0 Å². The van der Waals surface area contributed by atoms with Crippen molar-refractivity contribution in [3.05, 3.63) is 108 Å². The van der Waals surface area contributed by atoms with Crippen molar-refractivity contribution in [1.29, 1.82) is 0 Å². The van der Waals surface area contributed by atoms with E-state index in [1.54, 1.807) is 86.9 Å². The van der Waals surface area contributed by atoms with Crippen molar-refractivity contribution in [2.75, 3.05) is 6.67 Å². The lowest BCUT2D eigenvalue weighted by Gasteiger charge is -2.28. The first-order valence-electron chi connectivity index (χ1n) is 18.3. The zero-order valence-corrected chi connectivity index (χ0v) is 31.4. The number of hydrogen-bond acceptors (Lipinski definition) is 8. The first-order chi connectivity index (χ1) is 26.5. The van der Waals surface area contributed by atoms with Crippen LogP contribution in [0, 0.1) is 11.8 Å². The highest BCUT2D eigenvalue weighted by Gasteiger charge is 2.32. The Balaban J connectivity index is 1.40. The van der Waals surface area contributed by atoms with Gasteiger partial charge in [-0.05, 0) is 36.1 Å². The lowest BCUT2D eigenvalue weighted by atomic mass is 9.97. The van der Waals surface area contributed by atoms with Crippen molar-refractivity contribution < 1.29 is 28.8 Å². The van der Waals surface area contributed by atoms with Gasteiger partial charge in [-0.3, -0.25) is 28.8 Å². The minimum absolute atomic E-state index is 0.0940. The maximum Gasteiger partial charge on any atom is 0.251 e. The van der Waals surface area contributed by atoms with Gasteiger partial charge in [0.25, 0.3) is 11.8 Å². The van der Waals surface area contributed by atoms with E-state index in [2.05, 4.69) is 51.8 Å². The summed E-state index contributed by atoms with van der Waals surface area (Å²) in [4.78, 5) is 94.4. The van der Waals surface area contributed by atoms with E-state index in [0.29, 0.717) is 35.4 Å². The van der Waals surface area contributed by atoms with Crippen LogP contribution in [0.1, 0.15) is 72.6 Å². The molecule has 8 N–H and O–H groups in total. The Kier molecular flexibility index (Phi) is 15.7. The third-order valence-corrected chi connectivity index (χ3v) is 9.39. The van der Waals surface area contributed by atoms with Crippen molar-refractivity contribution in [3.63, 3.8) is 0 Å². The van der Waals surface area contributed by atoms with Crippen molar-refractivity contribution >= 4 is 35.4 Å². The van der Waals surface area contributed by atoms with E-state index in [4.69, 9.17) is 0 Å². The summed E-state index contributed by atoms with van der Waals surface area (Å²) in [5.41, 5.74) is 1.95. The number of carbonyl (C=O) groups is 6. The molecule has 0 saturated heterocycles. The van der Waals surface area contributed by atoms with Crippen molar-refractivity contribution in [2.24, 2.45) is 11.8 Å². The first-order valence-corrected chi connectivity index (χ1v) is 18.3. The molecule has 0 spiro atoms. The molecule has 4 rings (SSSR count). The Morgan fingerprint density at radius 1 is 0.564 bits per heavy atom. The molecule has 16 heteroatoms. The monoisotopic (exact) mass is 754 g/mol. The third-order valence-electron chi connectivity index (χ3n) is 9.39. The van der Waals surface area contributed by atoms with Crippen molar-refractivity contribution in [1.82, 2.24) is 51.8 Å². The molecule has 55 heavy (non-hydrogen) atoms. The van der Waals surface area contributed by atoms with E-state index in [1.165, 1.54) is 12.7 Å². The summed E-state index contributed by atoms with van der Waals surface area (Å²) >= 11 is 0. The van der Waals surface area contributed by atoms with Crippen LogP contribution in [0.25, 0.3) is 0 Å². The van der Waals surface area contributed by atoms with Crippen LogP contribution >= 0.6 is 0 Å². The summed E-state index contributed by atoms with van der Waals surface area (Å²) in [5, 5.41) is 16.5. The fourth-order valence-corrected chi connectivity index (χ4v) is 5.66. The van der Waals surface area contributed by atoms with Gasteiger partial charge in [0.15, 0.2) is 0 Å². The highest BCUT2D eigenvalue weighted by Crippen LogP contribution is 2.12. The highest BCUT2D eigenvalue weighted by atomic mass is 16.2. The average Bonchev–Trinajstić information content (AvgIpc) is 3.93. The molecule has 16 nitrogen and oxygen atoms in total. The molecule has 0 aliphatic rings. The maximum atomic E-state index is 13.7. The molecule has 2 heterocycles. The number of imidazole rings is 2. The van der Waals surface area contributed by atoms with E-state index in [0.717, 1.165) is 0 Å². The topological polar surface area (TPSA) is 232 Å². The fourth-order valence-electron chi connectivity index (χ4n) is 5.66. The van der Waals surface area contributed by atoms with Gasteiger partial charge >= 0.3 is 0 Å². The molecule has 2 aromatic carbocycles. The van der Waals surface area contributed by atoms with Crippen LogP contribution < -0.4 is 31.9 Å². The van der Waals surface area contributed by atoms with Gasteiger partial charge in [0, 0.05) is 47.8 Å². The van der Waals surface area contributed by atoms with E-state index in [-0.39, 0.29) is 31.3 Å². The average molecular weight is 755 g/mol. The van der Waals surface area contributed by atoms with E-state index in [9.17, 15) is 28.8 Å². The smallest absolute Gasteiger partial charge is 0.251 e. The molecule has 6 unspecified atom stereocenters. The number of amides is 6. The van der Waals surface area contributed by atoms with Crippen LogP contribution in [0.4, 0.5) is 0 Å². The highest BCUT2D eigenvalue weighted by molar-refractivity contribution is 5.99. The minimum Gasteiger partial charge on any atom is -0.348 e. The van der Waals surface area contributed by atoms with E-state index in [1.807, 2.05) is 13.8 Å². The van der Waals surface area contributed by atoms with Crippen LogP contribution in [-0.2, 0) is 32.0 Å². The van der Waals surface area contributed by atoms with Crippen LogP contribution in [0.15, 0.2) is 85.7 Å². The summed E-state index contributed by atoms with van der Waals surface area (Å²) in [7, 11) is 0. The first kappa shape index (κ1) is 41.4. The van der Waals surface area contributed by atoms with Gasteiger partial charge in [-0.15, -0.1) is 0 Å². The Bertz CT molecular complexity index is 1700. The summed E-state index contributed by atoms with van der Waals surface area (Å²) in [5.74, 6) is -3.80. The fraction of sp³-hybridized carbons (Fsp3) is 0.385. The van der Waals surface area contributed by atoms with E-state index >= 15 is 0 Å². The number of aromatic amines is 2. The number of nitrogens with zero attached hydrogens (tertiary/aromatic N) is 2. The lowest BCUT2D eigenvalue weighted by Crippen LogP contribution is -2.59. The molecular weight excluding hydrogens is 704 g/mol. The molecule has 4 aromatic rings. The summed E-state index contributed by atoms with van der Waals surface area (Å²) < 4.78 is 0. The van der Waals surface area contributed by atoms with Gasteiger partial charge in [-0.1, -0.05) is 76.9 Å². The van der Waals surface area contributed by atoms with Gasteiger partial charge in [0.05, 0.1) is 19.3 Å². The van der Waals surface area contributed by atoms with Gasteiger partial charge in [-0.2, -0.15) is 0 Å². The molecule has 0 saturated carbocycles. The van der Waals surface area contributed by atoms with Crippen LogP contribution in [-0.4, -0.2) is 86.2 Å². The quantitative estimate of drug-likeness (QED) is 0.0619. The molecule has 0 radical (unpaired) electrons. The lowest BCUT2D eigenvalue weighted by molar-refractivity contribution is -0.132. The Morgan fingerprint density at radius 3 is 1.27 bits per heavy atom. The number of carbonyl (C=O) groups excluding carboxylic acids is 6. The summed E-state index contributed by atoms with van der Waals surface area (Å²) in [6, 6.07) is 12.8. The molecule has 0 bridgehead atoms. The van der Waals surface area contributed by atoms with Crippen LogP contribution in [0.3, 0.4) is 0 Å². The number of H-pyrrole nitrogens is 2. The molecule has 6 atom stereocenters. The zero-order valence-electron chi connectivity index (χ0n) is 31.4. The minimum atomic E-state index is -1.04. The number of hydrogen-bond donors (Lipinski definition) is 8. The summed E-state index contributed by atoms with van der Waals surface area (Å²) in [6.45, 7) is 7.06. The number of aromatic nitrogens is 4. The molecule has 0 aliphatic heterocycles. The van der Waals surface area contributed by atoms with Crippen molar-refractivity contribution in [2.45, 2.75) is 77.5 Å². The second-order valence-electron chi connectivity index (χ2n) is 13.3. The van der Waals surface area contributed by atoms with Gasteiger partial charge < -0.3 is 41.9 Å². The number of nitrogens with one attached hydrogen (secondary N) is 8. The van der Waals surface area contributed by atoms with Gasteiger partial charge in [0.1, 0.15) is 24.2 Å². The normalized spacial score (nSPS) is 14.2. The van der Waals surface area contributed by atoms with Crippen LogP contribution in [0.5, 0.6) is 0 Å². The molecule has 0 aliphatic carbocycles. The molecular formula is C39H50N10O6. The van der Waals surface area contributed by atoms with E-state index < -0.39 is 59.6 Å².